The topological polar surface area (TPSA) is 55.1 Å². The summed E-state index contributed by atoms with van der Waals surface area (Å²) in [5.74, 6) is 1.39. The second-order valence-electron chi connectivity index (χ2n) is 6.08. The molecule has 0 aliphatic heterocycles. The second-order valence-corrected chi connectivity index (χ2v) is 6.08. The van der Waals surface area contributed by atoms with E-state index < -0.39 is 0 Å². The first-order valence-corrected chi connectivity index (χ1v) is 7.21. The Morgan fingerprint density at radius 2 is 1.59 bits per heavy atom. The van der Waals surface area contributed by atoms with Gasteiger partial charge < -0.3 is 11.1 Å². The first-order valence-electron chi connectivity index (χ1n) is 7.21. The second kappa shape index (κ2) is 5.85. The molecule has 3 N–H and O–H groups in total. The van der Waals surface area contributed by atoms with Gasteiger partial charge in [-0.2, -0.15) is 0 Å². The highest BCUT2D eigenvalue weighted by Gasteiger charge is 2.27. The van der Waals surface area contributed by atoms with Crippen molar-refractivity contribution in [3.8, 4) is 0 Å². The summed E-state index contributed by atoms with van der Waals surface area (Å²) in [7, 11) is 0. The van der Waals surface area contributed by atoms with Crippen molar-refractivity contribution < 1.29 is 4.79 Å². The van der Waals surface area contributed by atoms with Crippen LogP contribution < -0.4 is 11.1 Å². The van der Waals surface area contributed by atoms with Gasteiger partial charge in [-0.05, 0) is 57.3 Å². The molecule has 0 heterocycles. The van der Waals surface area contributed by atoms with E-state index in [-0.39, 0.29) is 5.92 Å². The van der Waals surface area contributed by atoms with E-state index in [0.717, 1.165) is 44.4 Å². The van der Waals surface area contributed by atoms with Gasteiger partial charge in [0.25, 0.3) is 0 Å². The number of carbonyl (C=O) groups excluding carboxylic acids is 1. The molecular formula is C14H26N2O. The van der Waals surface area contributed by atoms with Gasteiger partial charge in [-0.25, -0.2) is 0 Å². The average molecular weight is 238 g/mol. The van der Waals surface area contributed by atoms with Crippen LogP contribution in [0.5, 0.6) is 0 Å². The van der Waals surface area contributed by atoms with Crippen LogP contribution in [0, 0.1) is 11.8 Å². The fourth-order valence-electron chi connectivity index (χ4n) is 3.10. The third-order valence-corrected chi connectivity index (χ3v) is 4.50. The number of nitrogens with one attached hydrogen (secondary N) is 1. The molecule has 0 saturated heterocycles. The average Bonchev–Trinajstić information content (AvgIpc) is 2.33. The predicted molar refractivity (Wildman–Crippen MR) is 69.5 cm³/mol. The van der Waals surface area contributed by atoms with E-state index in [2.05, 4.69) is 12.2 Å². The van der Waals surface area contributed by atoms with Crippen LogP contribution in [0.25, 0.3) is 0 Å². The summed E-state index contributed by atoms with van der Waals surface area (Å²) >= 11 is 0. The minimum absolute atomic E-state index is 0.279. The van der Waals surface area contributed by atoms with E-state index in [4.69, 9.17) is 5.73 Å². The summed E-state index contributed by atoms with van der Waals surface area (Å²) < 4.78 is 0. The molecule has 0 radical (unpaired) electrons. The van der Waals surface area contributed by atoms with Crippen LogP contribution in [0.4, 0.5) is 0 Å². The highest BCUT2D eigenvalue weighted by atomic mass is 16.1. The number of nitrogens with two attached hydrogens (primary N) is 1. The van der Waals surface area contributed by atoms with Gasteiger partial charge in [0, 0.05) is 18.0 Å². The van der Waals surface area contributed by atoms with Gasteiger partial charge in [-0.15, -0.1) is 0 Å². The Bertz CT molecular complexity index is 251. The normalized spacial score (nSPS) is 38.7. The molecule has 0 atom stereocenters. The molecule has 2 fully saturated rings. The summed E-state index contributed by atoms with van der Waals surface area (Å²) in [6, 6.07) is 0.750. The van der Waals surface area contributed by atoms with Crippen LogP contribution in [0.2, 0.25) is 0 Å². The van der Waals surface area contributed by atoms with Gasteiger partial charge in [0.05, 0.1) is 0 Å². The third kappa shape index (κ3) is 3.70. The molecule has 1 amide bonds. The zero-order valence-electron chi connectivity index (χ0n) is 11.0. The molecular weight excluding hydrogens is 212 g/mol. The molecule has 0 unspecified atom stereocenters. The van der Waals surface area contributed by atoms with Crippen molar-refractivity contribution >= 4 is 5.91 Å². The quantitative estimate of drug-likeness (QED) is 0.775. The van der Waals surface area contributed by atoms with Crippen molar-refractivity contribution in [2.24, 2.45) is 17.6 Å². The zero-order chi connectivity index (χ0) is 12.3. The van der Waals surface area contributed by atoms with E-state index in [1.165, 1.54) is 12.8 Å². The number of rotatable bonds is 2. The molecule has 2 rings (SSSR count). The Kier molecular flexibility index (Phi) is 4.43. The molecule has 3 nitrogen and oxygen atoms in total. The number of amides is 1. The molecule has 17 heavy (non-hydrogen) atoms. The number of hydrogen-bond donors (Lipinski definition) is 2. The van der Waals surface area contributed by atoms with Gasteiger partial charge in [0.2, 0.25) is 5.91 Å². The predicted octanol–water partition coefficient (Wildman–Crippen LogP) is 2.20. The Balaban J connectivity index is 1.73. The lowest BCUT2D eigenvalue weighted by Gasteiger charge is -2.30. The first kappa shape index (κ1) is 12.9. The molecule has 98 valence electrons. The van der Waals surface area contributed by atoms with Crippen LogP contribution in [-0.2, 0) is 4.79 Å². The van der Waals surface area contributed by atoms with Crippen molar-refractivity contribution in [3.05, 3.63) is 0 Å². The SMILES string of the molecule is CC1CCC(C(=O)NC2CCC(N)CC2)CC1. The largest absolute Gasteiger partial charge is 0.353 e. The van der Waals surface area contributed by atoms with E-state index in [0.29, 0.717) is 18.0 Å². The highest BCUT2D eigenvalue weighted by Crippen LogP contribution is 2.28. The van der Waals surface area contributed by atoms with Crippen molar-refractivity contribution in [1.29, 1.82) is 0 Å². The van der Waals surface area contributed by atoms with Crippen LogP contribution in [0.15, 0.2) is 0 Å². The van der Waals surface area contributed by atoms with Gasteiger partial charge >= 0.3 is 0 Å². The Morgan fingerprint density at radius 3 is 2.18 bits per heavy atom. The number of hydrogen-bond acceptors (Lipinski definition) is 2. The summed E-state index contributed by atoms with van der Waals surface area (Å²) in [4.78, 5) is 12.1. The molecule has 0 aromatic carbocycles. The molecule has 0 aromatic heterocycles. The molecule has 2 aliphatic carbocycles. The minimum Gasteiger partial charge on any atom is -0.353 e. The monoisotopic (exact) mass is 238 g/mol. The lowest BCUT2D eigenvalue weighted by Crippen LogP contribution is -2.43. The van der Waals surface area contributed by atoms with E-state index in [9.17, 15) is 4.79 Å². The molecule has 3 heteroatoms. The molecule has 0 spiro atoms. The highest BCUT2D eigenvalue weighted by molar-refractivity contribution is 5.79. The van der Waals surface area contributed by atoms with Crippen molar-refractivity contribution in [3.63, 3.8) is 0 Å². The lowest BCUT2D eigenvalue weighted by molar-refractivity contribution is -0.127. The minimum atomic E-state index is 0.279. The zero-order valence-corrected chi connectivity index (χ0v) is 11.0. The molecule has 2 saturated carbocycles. The van der Waals surface area contributed by atoms with Crippen molar-refractivity contribution in [1.82, 2.24) is 5.32 Å². The third-order valence-electron chi connectivity index (χ3n) is 4.50. The molecule has 0 aromatic rings. The standard InChI is InChI=1S/C14H26N2O/c1-10-2-4-11(5-3-10)14(17)16-13-8-6-12(15)7-9-13/h10-13H,2-9,15H2,1H3,(H,16,17). The van der Waals surface area contributed by atoms with Crippen LogP contribution in [0.1, 0.15) is 58.3 Å². The van der Waals surface area contributed by atoms with Gasteiger partial charge in [-0.1, -0.05) is 6.92 Å². The fourth-order valence-corrected chi connectivity index (χ4v) is 3.10. The summed E-state index contributed by atoms with van der Waals surface area (Å²) in [6.45, 7) is 2.29. The van der Waals surface area contributed by atoms with E-state index in [1.54, 1.807) is 0 Å². The molecule has 2 aliphatic rings. The Morgan fingerprint density at radius 1 is 1.00 bits per heavy atom. The maximum atomic E-state index is 12.1. The van der Waals surface area contributed by atoms with E-state index >= 15 is 0 Å². The van der Waals surface area contributed by atoms with Crippen molar-refractivity contribution in [2.75, 3.05) is 0 Å². The Hall–Kier alpha value is -0.570. The smallest absolute Gasteiger partial charge is 0.223 e. The fraction of sp³-hybridized carbons (Fsp3) is 0.929. The number of carbonyl (C=O) groups is 1. The molecule has 0 bridgehead atoms. The lowest BCUT2D eigenvalue weighted by atomic mass is 9.82. The summed E-state index contributed by atoms with van der Waals surface area (Å²) in [5.41, 5.74) is 5.87. The van der Waals surface area contributed by atoms with Crippen molar-refractivity contribution in [2.45, 2.75) is 70.4 Å². The van der Waals surface area contributed by atoms with Gasteiger partial charge in [0.15, 0.2) is 0 Å². The van der Waals surface area contributed by atoms with Crippen LogP contribution in [-0.4, -0.2) is 18.0 Å². The van der Waals surface area contributed by atoms with Crippen LogP contribution in [0.3, 0.4) is 0 Å². The van der Waals surface area contributed by atoms with Gasteiger partial charge in [-0.3, -0.25) is 4.79 Å². The van der Waals surface area contributed by atoms with E-state index in [1.807, 2.05) is 0 Å². The first-order chi connectivity index (χ1) is 8.15. The van der Waals surface area contributed by atoms with Gasteiger partial charge in [0.1, 0.15) is 0 Å². The maximum Gasteiger partial charge on any atom is 0.223 e. The van der Waals surface area contributed by atoms with Crippen LogP contribution >= 0.6 is 0 Å². The Labute approximate surface area is 105 Å². The maximum absolute atomic E-state index is 12.1. The summed E-state index contributed by atoms with van der Waals surface area (Å²) in [5, 5.41) is 3.23. The summed E-state index contributed by atoms with van der Waals surface area (Å²) in [6.07, 6.45) is 8.85.